The average Bonchev–Trinajstić information content (AvgIpc) is 3.45. The highest BCUT2D eigenvalue weighted by Gasteiger charge is 2.19. The molecule has 4 aromatic carbocycles. The van der Waals surface area contributed by atoms with Gasteiger partial charge in [-0.3, -0.25) is 14.9 Å². The molecular formula is C31H21FN4O6. The number of hydrogen-bond donors (Lipinski definition) is 0. The Hall–Kier alpha value is -5.84. The summed E-state index contributed by atoms with van der Waals surface area (Å²) < 4.78 is 31.4. The fourth-order valence-corrected chi connectivity index (χ4v) is 4.46. The third kappa shape index (κ3) is 5.06. The molecule has 0 fully saturated rings. The lowest BCUT2D eigenvalue weighted by Gasteiger charge is -2.08. The fraction of sp³-hybridized carbons (Fsp3) is 0.0645. The van der Waals surface area contributed by atoms with Crippen LogP contribution >= 0.6 is 0 Å². The monoisotopic (exact) mass is 564 g/mol. The molecule has 11 heteroatoms. The molecule has 0 aliphatic heterocycles. The van der Waals surface area contributed by atoms with Gasteiger partial charge < -0.3 is 13.9 Å². The normalized spacial score (nSPS) is 11.4. The number of benzene rings is 4. The van der Waals surface area contributed by atoms with E-state index in [1.165, 1.54) is 42.6 Å². The van der Waals surface area contributed by atoms with E-state index in [1.807, 2.05) is 0 Å². The number of nitro groups is 1. The van der Waals surface area contributed by atoms with Gasteiger partial charge in [0.2, 0.25) is 5.82 Å². The summed E-state index contributed by atoms with van der Waals surface area (Å²) in [6.07, 6.45) is 1.32. The second-order valence-corrected chi connectivity index (χ2v) is 9.20. The number of furan rings is 1. The lowest BCUT2D eigenvalue weighted by Crippen LogP contribution is -2.20. The maximum Gasteiger partial charge on any atom is 0.311 e. The summed E-state index contributed by atoms with van der Waals surface area (Å²) in [4.78, 5) is 29.4. The van der Waals surface area contributed by atoms with Crippen LogP contribution in [0.25, 0.3) is 33.5 Å². The number of nitro benzene ring substituents is 1. The van der Waals surface area contributed by atoms with Crippen LogP contribution < -0.4 is 15.0 Å². The van der Waals surface area contributed by atoms with Crippen molar-refractivity contribution in [1.29, 1.82) is 0 Å². The second-order valence-electron chi connectivity index (χ2n) is 9.20. The Bertz CT molecular complexity index is 2050. The van der Waals surface area contributed by atoms with Gasteiger partial charge in [0.1, 0.15) is 23.8 Å². The number of halogens is 1. The van der Waals surface area contributed by atoms with Gasteiger partial charge in [-0.15, -0.1) is 0 Å². The minimum absolute atomic E-state index is 0.0123. The lowest BCUT2D eigenvalue weighted by molar-refractivity contribution is -0.385. The Morgan fingerprint density at radius 1 is 1.00 bits per heavy atom. The summed E-state index contributed by atoms with van der Waals surface area (Å²) in [5.41, 5.74) is 1.23. The van der Waals surface area contributed by atoms with Crippen molar-refractivity contribution in [2.45, 2.75) is 6.61 Å². The highest BCUT2D eigenvalue weighted by molar-refractivity contribution is 5.88. The van der Waals surface area contributed by atoms with E-state index < -0.39 is 16.3 Å². The van der Waals surface area contributed by atoms with Gasteiger partial charge in [-0.25, -0.2) is 9.37 Å². The van der Waals surface area contributed by atoms with Gasteiger partial charge in [0.15, 0.2) is 11.5 Å². The molecule has 42 heavy (non-hydrogen) atoms. The highest BCUT2D eigenvalue weighted by atomic mass is 19.1. The molecule has 0 N–H and O–H groups in total. The SMILES string of the molecule is COc1cccc2oc(-c3nc4ccccc4c(=O)n3N=Cc3ccc(OCc4ccc(F)cc4)c([N+](=O)[O-])c3)cc12. The van der Waals surface area contributed by atoms with Gasteiger partial charge in [0.25, 0.3) is 5.56 Å². The first-order valence-corrected chi connectivity index (χ1v) is 12.7. The molecule has 0 saturated heterocycles. The molecule has 0 unspecified atom stereocenters. The molecule has 0 saturated carbocycles. The summed E-state index contributed by atoms with van der Waals surface area (Å²) in [5.74, 6) is 0.655. The number of hydrogen-bond acceptors (Lipinski definition) is 8. The van der Waals surface area contributed by atoms with Gasteiger partial charge in [0, 0.05) is 11.6 Å². The molecule has 0 aliphatic carbocycles. The van der Waals surface area contributed by atoms with E-state index in [0.717, 1.165) is 4.68 Å². The molecule has 2 heterocycles. The predicted molar refractivity (Wildman–Crippen MR) is 155 cm³/mol. The third-order valence-electron chi connectivity index (χ3n) is 6.53. The van der Waals surface area contributed by atoms with E-state index in [9.17, 15) is 19.3 Å². The summed E-state index contributed by atoms with van der Waals surface area (Å²) in [6, 6.07) is 23.8. The number of nitrogens with zero attached hydrogens (tertiary/aromatic N) is 4. The molecule has 0 amide bonds. The molecular weight excluding hydrogens is 543 g/mol. The first-order chi connectivity index (χ1) is 20.4. The van der Waals surface area contributed by atoms with Crippen molar-refractivity contribution in [2.24, 2.45) is 5.10 Å². The van der Waals surface area contributed by atoms with Crippen molar-refractivity contribution in [3.8, 4) is 23.1 Å². The number of aromatic nitrogens is 2. The van der Waals surface area contributed by atoms with Crippen molar-refractivity contribution in [3.63, 3.8) is 0 Å². The first kappa shape index (κ1) is 26.4. The molecule has 6 aromatic rings. The van der Waals surface area contributed by atoms with Gasteiger partial charge in [-0.2, -0.15) is 9.78 Å². The predicted octanol–water partition coefficient (Wildman–Crippen LogP) is 6.33. The lowest BCUT2D eigenvalue weighted by atomic mass is 10.2. The largest absolute Gasteiger partial charge is 0.496 e. The smallest absolute Gasteiger partial charge is 0.311 e. The average molecular weight is 565 g/mol. The van der Waals surface area contributed by atoms with Crippen molar-refractivity contribution in [2.75, 3.05) is 7.11 Å². The Labute approximate surface area is 237 Å². The van der Waals surface area contributed by atoms with E-state index in [1.54, 1.807) is 61.7 Å². The van der Waals surface area contributed by atoms with Crippen molar-refractivity contribution in [3.05, 3.63) is 128 Å². The quantitative estimate of drug-likeness (QED) is 0.120. The van der Waals surface area contributed by atoms with Crippen LogP contribution in [-0.2, 0) is 6.61 Å². The molecule has 208 valence electrons. The first-order valence-electron chi connectivity index (χ1n) is 12.7. The van der Waals surface area contributed by atoms with Crippen molar-refractivity contribution >= 4 is 33.8 Å². The van der Waals surface area contributed by atoms with E-state index in [0.29, 0.717) is 38.7 Å². The zero-order valence-electron chi connectivity index (χ0n) is 22.1. The molecule has 0 bridgehead atoms. The van der Waals surface area contributed by atoms with Gasteiger partial charge >= 0.3 is 5.69 Å². The van der Waals surface area contributed by atoms with Crippen LogP contribution in [0.4, 0.5) is 10.1 Å². The minimum Gasteiger partial charge on any atom is -0.496 e. The molecule has 0 radical (unpaired) electrons. The Morgan fingerprint density at radius 2 is 1.81 bits per heavy atom. The summed E-state index contributed by atoms with van der Waals surface area (Å²) in [7, 11) is 1.55. The van der Waals surface area contributed by atoms with Crippen molar-refractivity contribution < 1.29 is 23.2 Å². The van der Waals surface area contributed by atoms with Crippen LogP contribution in [0.15, 0.2) is 105 Å². The van der Waals surface area contributed by atoms with Crippen molar-refractivity contribution in [1.82, 2.24) is 9.66 Å². The molecule has 6 rings (SSSR count). The molecule has 0 aliphatic rings. The minimum atomic E-state index is -0.575. The maximum atomic E-state index is 13.5. The van der Waals surface area contributed by atoms with Crippen LogP contribution in [0.2, 0.25) is 0 Å². The zero-order chi connectivity index (χ0) is 29.2. The summed E-state index contributed by atoms with van der Waals surface area (Å²) in [6.45, 7) is 0.0123. The fourth-order valence-electron chi connectivity index (χ4n) is 4.46. The Balaban J connectivity index is 1.39. The van der Waals surface area contributed by atoms with Crippen LogP contribution in [0, 0.1) is 15.9 Å². The van der Waals surface area contributed by atoms with Gasteiger partial charge in [0.05, 0.1) is 34.5 Å². The van der Waals surface area contributed by atoms with Gasteiger partial charge in [-0.1, -0.05) is 30.3 Å². The zero-order valence-corrected chi connectivity index (χ0v) is 22.1. The topological polar surface area (TPSA) is 122 Å². The van der Waals surface area contributed by atoms with E-state index in [2.05, 4.69) is 10.1 Å². The van der Waals surface area contributed by atoms with Gasteiger partial charge in [-0.05, 0) is 60.2 Å². The van der Waals surface area contributed by atoms with Crippen LogP contribution in [-0.4, -0.2) is 27.9 Å². The van der Waals surface area contributed by atoms with E-state index in [4.69, 9.17) is 13.9 Å². The second kappa shape index (κ2) is 11.0. The molecule has 0 atom stereocenters. The maximum absolute atomic E-state index is 13.5. The number of fused-ring (bicyclic) bond motifs is 2. The standard InChI is InChI=1S/C31H21FN4O6/c1-40-26-7-4-8-27-23(26)16-29(42-27)30-34-24-6-3-2-5-22(24)31(37)35(30)33-17-20-11-14-28(25(15-20)36(38)39)41-18-19-9-12-21(32)13-10-19/h2-17H,18H2,1H3. The number of rotatable bonds is 8. The highest BCUT2D eigenvalue weighted by Crippen LogP contribution is 2.33. The molecule has 2 aromatic heterocycles. The number of para-hydroxylation sites is 1. The van der Waals surface area contributed by atoms with Crippen LogP contribution in [0.5, 0.6) is 11.5 Å². The summed E-state index contributed by atoms with van der Waals surface area (Å²) >= 11 is 0. The molecule has 10 nitrogen and oxygen atoms in total. The van der Waals surface area contributed by atoms with E-state index in [-0.39, 0.29) is 29.6 Å². The Kier molecular flexibility index (Phi) is 6.89. The third-order valence-corrected chi connectivity index (χ3v) is 6.53. The summed E-state index contributed by atoms with van der Waals surface area (Å²) in [5, 5.41) is 17.2. The number of methoxy groups -OCH3 is 1. The van der Waals surface area contributed by atoms with Crippen LogP contribution in [0.1, 0.15) is 11.1 Å². The molecule has 0 spiro atoms. The Morgan fingerprint density at radius 3 is 2.60 bits per heavy atom. The van der Waals surface area contributed by atoms with Crippen LogP contribution in [0.3, 0.4) is 0 Å². The van der Waals surface area contributed by atoms with E-state index >= 15 is 0 Å². The number of ether oxygens (including phenoxy) is 2.